The summed E-state index contributed by atoms with van der Waals surface area (Å²) < 4.78 is 0. The van der Waals surface area contributed by atoms with Gasteiger partial charge in [0, 0.05) is 17.6 Å². The maximum absolute atomic E-state index is 6.11. The lowest BCUT2D eigenvalue weighted by atomic mass is 10.1. The van der Waals surface area contributed by atoms with Gasteiger partial charge in [0.2, 0.25) is 0 Å². The lowest BCUT2D eigenvalue weighted by molar-refractivity contribution is 0.508. The number of benzene rings is 1. The summed E-state index contributed by atoms with van der Waals surface area (Å²) in [6.45, 7) is 9.92. The normalized spacial score (nSPS) is 11.3. The molecule has 0 radical (unpaired) electrons. The van der Waals surface area contributed by atoms with Crippen LogP contribution in [-0.2, 0) is 0 Å². The number of nitrogens with two attached hydrogens (primary N) is 1. The molecule has 1 rings (SSSR count). The van der Waals surface area contributed by atoms with E-state index >= 15 is 0 Å². The van der Waals surface area contributed by atoms with Crippen molar-refractivity contribution in [1.82, 2.24) is 0 Å². The Hall–Kier alpha value is -0.890. The molecule has 0 heterocycles. The molecule has 0 aromatic heterocycles. The molecule has 0 atom stereocenters. The van der Waals surface area contributed by atoms with Gasteiger partial charge in [-0.05, 0) is 37.0 Å². The van der Waals surface area contributed by atoms with Crippen molar-refractivity contribution in [1.29, 1.82) is 0 Å². The van der Waals surface area contributed by atoms with E-state index in [4.69, 9.17) is 17.3 Å². The molecule has 102 valence electrons. The van der Waals surface area contributed by atoms with Crippen LogP contribution in [0.25, 0.3) is 0 Å². The van der Waals surface area contributed by atoms with Crippen LogP contribution in [0, 0.1) is 5.92 Å². The average molecular weight is 269 g/mol. The first kappa shape index (κ1) is 15.2. The Morgan fingerprint density at radius 3 is 2.33 bits per heavy atom. The number of hydrogen-bond donors (Lipinski definition) is 1. The summed E-state index contributed by atoms with van der Waals surface area (Å²) in [5, 5.41) is 0.749. The molecule has 2 nitrogen and oxygen atoms in total. The van der Waals surface area contributed by atoms with Crippen molar-refractivity contribution in [2.75, 3.05) is 17.2 Å². The van der Waals surface area contributed by atoms with Crippen molar-refractivity contribution in [3.05, 3.63) is 23.2 Å². The molecule has 0 aliphatic rings. The molecule has 0 bridgehead atoms. The van der Waals surface area contributed by atoms with E-state index in [1.54, 1.807) is 0 Å². The molecule has 18 heavy (non-hydrogen) atoms. The van der Waals surface area contributed by atoms with Crippen LogP contribution >= 0.6 is 11.6 Å². The molecule has 1 aromatic rings. The minimum atomic E-state index is 0.521. The summed E-state index contributed by atoms with van der Waals surface area (Å²) >= 11 is 6.11. The molecule has 0 aliphatic carbocycles. The minimum Gasteiger partial charge on any atom is -0.397 e. The van der Waals surface area contributed by atoms with Crippen molar-refractivity contribution in [2.24, 2.45) is 5.92 Å². The van der Waals surface area contributed by atoms with Crippen LogP contribution in [0.15, 0.2) is 18.2 Å². The summed E-state index contributed by atoms with van der Waals surface area (Å²) in [6, 6.07) is 6.25. The molecule has 0 spiro atoms. The number of nitrogen functional groups attached to an aromatic ring is 1. The molecule has 0 saturated carbocycles. The summed E-state index contributed by atoms with van der Waals surface area (Å²) in [5.41, 5.74) is 8.00. The summed E-state index contributed by atoms with van der Waals surface area (Å²) in [6.07, 6.45) is 2.24. The van der Waals surface area contributed by atoms with E-state index in [0.29, 0.717) is 12.0 Å². The van der Waals surface area contributed by atoms with Crippen molar-refractivity contribution in [2.45, 2.75) is 46.6 Å². The Kier molecular flexibility index (Phi) is 5.80. The Bertz CT molecular complexity index is 373. The second-order valence-electron chi connectivity index (χ2n) is 5.22. The number of nitrogens with zero attached hydrogens (tertiary/aromatic N) is 1. The number of anilines is 2. The monoisotopic (exact) mass is 268 g/mol. The van der Waals surface area contributed by atoms with Crippen LogP contribution in [0.2, 0.25) is 5.02 Å². The Balaban J connectivity index is 3.11. The average Bonchev–Trinajstić information content (AvgIpc) is 2.32. The van der Waals surface area contributed by atoms with E-state index in [1.807, 2.05) is 18.2 Å². The third kappa shape index (κ3) is 3.81. The van der Waals surface area contributed by atoms with Crippen molar-refractivity contribution in [3.8, 4) is 0 Å². The summed E-state index contributed by atoms with van der Waals surface area (Å²) in [5.74, 6) is 0.601. The summed E-state index contributed by atoms with van der Waals surface area (Å²) in [4.78, 5) is 2.41. The fourth-order valence-corrected chi connectivity index (χ4v) is 2.50. The fourth-order valence-electron chi connectivity index (χ4n) is 2.33. The van der Waals surface area contributed by atoms with E-state index in [-0.39, 0.29) is 0 Å². The highest BCUT2D eigenvalue weighted by molar-refractivity contribution is 6.31. The van der Waals surface area contributed by atoms with Crippen LogP contribution in [-0.4, -0.2) is 12.6 Å². The predicted octanol–water partition coefficient (Wildman–Crippen LogP) is 4.57. The van der Waals surface area contributed by atoms with E-state index in [9.17, 15) is 0 Å². The van der Waals surface area contributed by atoms with Gasteiger partial charge in [-0.2, -0.15) is 0 Å². The quantitative estimate of drug-likeness (QED) is 0.766. The van der Waals surface area contributed by atoms with E-state index < -0.39 is 0 Å². The molecule has 2 N–H and O–H groups in total. The molecular formula is C15H25ClN2. The van der Waals surface area contributed by atoms with Gasteiger partial charge in [0.15, 0.2) is 0 Å². The lowest BCUT2D eigenvalue weighted by Gasteiger charge is -2.35. The van der Waals surface area contributed by atoms with Crippen LogP contribution in [0.1, 0.15) is 40.5 Å². The van der Waals surface area contributed by atoms with Gasteiger partial charge in [-0.15, -0.1) is 0 Å². The highest BCUT2D eigenvalue weighted by Crippen LogP contribution is 2.30. The zero-order valence-corrected chi connectivity index (χ0v) is 12.7. The van der Waals surface area contributed by atoms with Crippen LogP contribution in [0.4, 0.5) is 11.4 Å². The molecular weight excluding hydrogens is 244 g/mol. The minimum absolute atomic E-state index is 0.521. The lowest BCUT2D eigenvalue weighted by Crippen LogP contribution is -2.37. The van der Waals surface area contributed by atoms with Gasteiger partial charge < -0.3 is 10.6 Å². The van der Waals surface area contributed by atoms with Gasteiger partial charge in [0.1, 0.15) is 0 Å². The second-order valence-corrected chi connectivity index (χ2v) is 5.66. The van der Waals surface area contributed by atoms with E-state index in [2.05, 4.69) is 32.6 Å². The Morgan fingerprint density at radius 1 is 1.22 bits per heavy atom. The van der Waals surface area contributed by atoms with Crippen LogP contribution in [0.3, 0.4) is 0 Å². The van der Waals surface area contributed by atoms with Crippen molar-refractivity contribution >= 4 is 23.0 Å². The fraction of sp³-hybridized carbons (Fsp3) is 0.600. The molecule has 0 amide bonds. The van der Waals surface area contributed by atoms with E-state index in [0.717, 1.165) is 35.8 Å². The molecule has 0 saturated heterocycles. The number of halogens is 1. The maximum atomic E-state index is 6.11. The number of rotatable bonds is 6. The highest BCUT2D eigenvalue weighted by Gasteiger charge is 2.19. The van der Waals surface area contributed by atoms with Crippen LogP contribution in [0.5, 0.6) is 0 Å². The van der Waals surface area contributed by atoms with Gasteiger partial charge in [-0.1, -0.05) is 39.3 Å². The number of hydrogen-bond acceptors (Lipinski definition) is 2. The van der Waals surface area contributed by atoms with E-state index in [1.165, 1.54) is 0 Å². The van der Waals surface area contributed by atoms with Gasteiger partial charge >= 0.3 is 0 Å². The standard InChI is InChI=1S/C15H25ClN2/c1-5-13(6-2)18(10-11(3)4)15-9-12(16)7-8-14(15)17/h7-9,11,13H,5-6,10,17H2,1-4H3. The third-order valence-corrected chi connectivity index (χ3v) is 3.48. The highest BCUT2D eigenvalue weighted by atomic mass is 35.5. The molecule has 0 unspecified atom stereocenters. The zero-order chi connectivity index (χ0) is 13.7. The smallest absolute Gasteiger partial charge is 0.0617 e. The Labute approximate surface area is 116 Å². The van der Waals surface area contributed by atoms with Crippen molar-refractivity contribution < 1.29 is 0 Å². The largest absolute Gasteiger partial charge is 0.397 e. The van der Waals surface area contributed by atoms with Gasteiger partial charge in [-0.3, -0.25) is 0 Å². The summed E-state index contributed by atoms with van der Waals surface area (Å²) in [7, 11) is 0. The van der Waals surface area contributed by atoms with Gasteiger partial charge in [-0.25, -0.2) is 0 Å². The first-order valence-corrected chi connectivity index (χ1v) is 7.19. The first-order valence-electron chi connectivity index (χ1n) is 6.81. The van der Waals surface area contributed by atoms with Gasteiger partial charge in [0.05, 0.1) is 11.4 Å². The van der Waals surface area contributed by atoms with Crippen LogP contribution < -0.4 is 10.6 Å². The Morgan fingerprint density at radius 2 is 1.83 bits per heavy atom. The third-order valence-electron chi connectivity index (χ3n) is 3.25. The predicted molar refractivity (Wildman–Crippen MR) is 82.4 cm³/mol. The molecule has 0 fully saturated rings. The van der Waals surface area contributed by atoms with Crippen molar-refractivity contribution in [3.63, 3.8) is 0 Å². The molecule has 3 heteroatoms. The molecule has 1 aromatic carbocycles. The zero-order valence-electron chi connectivity index (χ0n) is 11.9. The second kappa shape index (κ2) is 6.89. The maximum Gasteiger partial charge on any atom is 0.0617 e. The first-order chi connectivity index (χ1) is 8.49. The van der Waals surface area contributed by atoms with Gasteiger partial charge in [0.25, 0.3) is 0 Å². The molecule has 0 aliphatic heterocycles. The topological polar surface area (TPSA) is 29.3 Å². The SMILES string of the molecule is CCC(CC)N(CC(C)C)c1cc(Cl)ccc1N.